The summed E-state index contributed by atoms with van der Waals surface area (Å²) in [6.07, 6.45) is 0. The molecule has 0 atom stereocenters. The zero-order valence-electron chi connectivity index (χ0n) is 8.35. The van der Waals surface area contributed by atoms with Crippen LogP contribution in [0, 0.1) is 0 Å². The molecule has 0 aliphatic carbocycles. The average Bonchev–Trinajstić information content (AvgIpc) is 2.74. The van der Waals surface area contributed by atoms with Gasteiger partial charge in [-0.15, -0.1) is 0 Å². The molecule has 0 aliphatic rings. The lowest BCUT2D eigenvalue weighted by molar-refractivity contribution is 0.0921. The van der Waals surface area contributed by atoms with Gasteiger partial charge in [-0.05, 0) is 28.1 Å². The molecule has 1 heterocycles. The van der Waals surface area contributed by atoms with Crippen molar-refractivity contribution in [2.45, 2.75) is 0 Å². The Labute approximate surface area is 106 Å². The normalized spacial score (nSPS) is 10.1. The number of para-hydroxylation sites is 1. The third-order valence-corrected chi connectivity index (χ3v) is 3.73. The number of halogens is 1. The Morgan fingerprint density at radius 3 is 2.62 bits per heavy atom. The molecule has 0 spiro atoms. The van der Waals surface area contributed by atoms with Crippen molar-refractivity contribution < 1.29 is 9.53 Å². The summed E-state index contributed by atoms with van der Waals surface area (Å²) in [5, 5.41) is 3.70. The first-order valence-electron chi connectivity index (χ1n) is 4.70. The molecule has 1 aromatic carbocycles. The van der Waals surface area contributed by atoms with E-state index in [1.165, 1.54) is 11.3 Å². The second-order valence-corrected chi connectivity index (χ2v) is 4.76. The maximum absolute atomic E-state index is 11.8. The van der Waals surface area contributed by atoms with Gasteiger partial charge in [-0.1, -0.05) is 18.2 Å². The van der Waals surface area contributed by atoms with Gasteiger partial charge in [0.15, 0.2) is 6.61 Å². The van der Waals surface area contributed by atoms with Crippen molar-refractivity contribution in [1.29, 1.82) is 0 Å². The van der Waals surface area contributed by atoms with Gasteiger partial charge in [0, 0.05) is 20.8 Å². The van der Waals surface area contributed by atoms with Crippen LogP contribution in [0.2, 0.25) is 0 Å². The molecule has 82 valence electrons. The monoisotopic (exact) mass is 296 g/mol. The molecule has 4 heteroatoms. The molecular weight excluding hydrogens is 288 g/mol. The van der Waals surface area contributed by atoms with Gasteiger partial charge in [0.1, 0.15) is 5.75 Å². The van der Waals surface area contributed by atoms with Crippen LogP contribution in [0.5, 0.6) is 5.75 Å². The number of carbonyl (C=O) groups is 1. The fourth-order valence-electron chi connectivity index (χ4n) is 1.22. The number of hydrogen-bond acceptors (Lipinski definition) is 3. The Morgan fingerprint density at radius 2 is 2.00 bits per heavy atom. The van der Waals surface area contributed by atoms with Gasteiger partial charge >= 0.3 is 0 Å². The van der Waals surface area contributed by atoms with Crippen molar-refractivity contribution in [1.82, 2.24) is 0 Å². The van der Waals surface area contributed by atoms with Crippen LogP contribution in [0.1, 0.15) is 10.4 Å². The summed E-state index contributed by atoms with van der Waals surface area (Å²) in [5.74, 6) is 0.694. The molecule has 0 saturated heterocycles. The van der Waals surface area contributed by atoms with Crippen molar-refractivity contribution >= 4 is 33.0 Å². The molecule has 0 amide bonds. The molecule has 0 unspecified atom stereocenters. The summed E-state index contributed by atoms with van der Waals surface area (Å²) in [6, 6.07) is 9.32. The lowest BCUT2D eigenvalue weighted by Crippen LogP contribution is -2.11. The summed E-state index contributed by atoms with van der Waals surface area (Å²) < 4.78 is 6.21. The highest BCUT2D eigenvalue weighted by Crippen LogP contribution is 2.22. The van der Waals surface area contributed by atoms with Crippen molar-refractivity contribution in [2.24, 2.45) is 0 Å². The average molecular weight is 297 g/mol. The van der Waals surface area contributed by atoms with E-state index in [1.54, 1.807) is 0 Å². The molecule has 0 aliphatic heterocycles. The maximum atomic E-state index is 11.8. The molecule has 2 rings (SSSR count). The molecule has 0 radical (unpaired) electrons. The molecule has 0 fully saturated rings. The van der Waals surface area contributed by atoms with Crippen LogP contribution < -0.4 is 4.74 Å². The Balaban J connectivity index is 1.97. The quantitative estimate of drug-likeness (QED) is 0.803. The van der Waals surface area contributed by atoms with Crippen LogP contribution in [0.25, 0.3) is 0 Å². The topological polar surface area (TPSA) is 26.3 Å². The lowest BCUT2D eigenvalue weighted by atomic mass is 10.2. The second-order valence-electron chi connectivity index (χ2n) is 3.16. The van der Waals surface area contributed by atoms with E-state index < -0.39 is 0 Å². The van der Waals surface area contributed by atoms with Crippen LogP contribution in [-0.2, 0) is 0 Å². The highest BCUT2D eigenvalue weighted by Gasteiger charge is 2.11. The lowest BCUT2D eigenvalue weighted by Gasteiger charge is -2.04. The number of carbonyl (C=O) groups excluding carboxylic acids is 1. The predicted molar refractivity (Wildman–Crippen MR) is 68.3 cm³/mol. The minimum absolute atomic E-state index is 0.0167. The Morgan fingerprint density at radius 1 is 1.25 bits per heavy atom. The second kappa shape index (κ2) is 5.27. The van der Waals surface area contributed by atoms with Gasteiger partial charge in [0.25, 0.3) is 0 Å². The van der Waals surface area contributed by atoms with E-state index >= 15 is 0 Å². The number of Topliss-reactive ketones (excluding diaryl/α,β-unsaturated/α-hetero) is 1. The summed E-state index contributed by atoms with van der Waals surface area (Å²) >= 11 is 4.82. The number of ketones is 1. The number of thiophene rings is 1. The van der Waals surface area contributed by atoms with Crippen LogP contribution in [-0.4, -0.2) is 12.4 Å². The first-order chi connectivity index (χ1) is 7.77. The number of benzene rings is 1. The van der Waals surface area contributed by atoms with Crippen LogP contribution in [0.3, 0.4) is 0 Å². The number of hydrogen-bond donors (Lipinski definition) is 0. The summed E-state index contributed by atoms with van der Waals surface area (Å²) in [4.78, 5) is 11.8. The Bertz CT molecular complexity index is 479. The highest BCUT2D eigenvalue weighted by molar-refractivity contribution is 9.10. The number of ether oxygens (including phenoxy) is 1. The molecule has 0 bridgehead atoms. The molecule has 1 aromatic heterocycles. The zero-order chi connectivity index (χ0) is 11.4. The first-order valence-corrected chi connectivity index (χ1v) is 6.43. The van der Waals surface area contributed by atoms with E-state index in [-0.39, 0.29) is 12.4 Å². The van der Waals surface area contributed by atoms with Crippen molar-refractivity contribution in [3.63, 3.8) is 0 Å². The third-order valence-electron chi connectivity index (χ3n) is 2.03. The van der Waals surface area contributed by atoms with Gasteiger partial charge in [-0.2, -0.15) is 11.3 Å². The molecule has 0 N–H and O–H groups in total. The van der Waals surface area contributed by atoms with Crippen LogP contribution in [0.4, 0.5) is 0 Å². The largest absolute Gasteiger partial charge is 0.485 e. The van der Waals surface area contributed by atoms with E-state index in [0.717, 1.165) is 4.47 Å². The minimum Gasteiger partial charge on any atom is -0.485 e. The maximum Gasteiger partial charge on any atom is 0.202 e. The van der Waals surface area contributed by atoms with Crippen LogP contribution >= 0.6 is 27.3 Å². The molecular formula is C12H9BrO2S. The third kappa shape index (κ3) is 2.71. The van der Waals surface area contributed by atoms with Crippen molar-refractivity contribution in [3.05, 3.63) is 51.1 Å². The zero-order valence-corrected chi connectivity index (χ0v) is 10.8. The smallest absolute Gasteiger partial charge is 0.202 e. The van der Waals surface area contributed by atoms with E-state index in [9.17, 15) is 4.79 Å². The number of rotatable bonds is 4. The Kier molecular flexibility index (Phi) is 3.74. The van der Waals surface area contributed by atoms with Gasteiger partial charge in [-0.25, -0.2) is 0 Å². The fourth-order valence-corrected chi connectivity index (χ4v) is 2.74. The standard InChI is InChI=1S/C12H9BrO2S/c13-11-8-16-7-10(11)12(14)6-15-9-4-2-1-3-5-9/h1-5,7-8H,6H2. The van der Waals surface area contributed by atoms with Crippen molar-refractivity contribution in [2.75, 3.05) is 6.61 Å². The SMILES string of the molecule is O=C(COc1ccccc1)c1cscc1Br. The highest BCUT2D eigenvalue weighted by atomic mass is 79.9. The summed E-state index contributed by atoms with van der Waals surface area (Å²) in [7, 11) is 0. The van der Waals surface area contributed by atoms with E-state index in [0.29, 0.717) is 11.3 Å². The first kappa shape index (κ1) is 11.4. The molecule has 16 heavy (non-hydrogen) atoms. The van der Waals surface area contributed by atoms with Gasteiger partial charge in [0.05, 0.1) is 0 Å². The van der Waals surface area contributed by atoms with Gasteiger partial charge < -0.3 is 4.74 Å². The summed E-state index contributed by atoms with van der Waals surface area (Å²) in [5.41, 5.74) is 0.681. The fraction of sp³-hybridized carbons (Fsp3) is 0.0833. The van der Waals surface area contributed by atoms with Crippen LogP contribution in [0.15, 0.2) is 45.6 Å². The Hall–Kier alpha value is -1.13. The molecule has 2 aromatic rings. The molecule has 2 nitrogen and oxygen atoms in total. The predicted octanol–water partition coefficient (Wildman–Crippen LogP) is 3.77. The van der Waals surface area contributed by atoms with Gasteiger partial charge in [0.2, 0.25) is 5.78 Å². The van der Waals surface area contributed by atoms with E-state index in [4.69, 9.17) is 4.74 Å². The molecule has 0 saturated carbocycles. The van der Waals surface area contributed by atoms with Gasteiger partial charge in [-0.3, -0.25) is 4.79 Å². The summed E-state index contributed by atoms with van der Waals surface area (Å²) in [6.45, 7) is 0.0688. The van der Waals surface area contributed by atoms with Crippen molar-refractivity contribution in [3.8, 4) is 5.75 Å². The van der Waals surface area contributed by atoms with E-state index in [2.05, 4.69) is 15.9 Å². The minimum atomic E-state index is -0.0167. The van der Waals surface area contributed by atoms with E-state index in [1.807, 2.05) is 41.1 Å².